The lowest BCUT2D eigenvalue weighted by Crippen LogP contribution is -2.06. The first-order chi connectivity index (χ1) is 9.66. The third kappa shape index (κ3) is 3.65. The van der Waals surface area contributed by atoms with E-state index < -0.39 is 0 Å². The molecule has 0 aromatic heterocycles. The van der Waals surface area contributed by atoms with Crippen LogP contribution in [0.2, 0.25) is 0 Å². The number of phenolic OH excluding ortho intramolecular Hbond substituents is 1. The average Bonchev–Trinajstić information content (AvgIpc) is 2.46. The third-order valence-corrected chi connectivity index (χ3v) is 2.80. The van der Waals surface area contributed by atoms with Crippen LogP contribution in [0.4, 0.5) is 0 Å². The van der Waals surface area contributed by atoms with Crippen molar-refractivity contribution < 1.29 is 14.7 Å². The van der Waals surface area contributed by atoms with Gasteiger partial charge in [0, 0.05) is 0 Å². The number of aromatic hydroxyl groups is 1. The lowest BCUT2D eigenvalue weighted by molar-refractivity contribution is -0.113. The highest BCUT2D eigenvalue weighted by Gasteiger charge is 2.13. The van der Waals surface area contributed by atoms with E-state index in [4.69, 9.17) is 0 Å². The summed E-state index contributed by atoms with van der Waals surface area (Å²) in [5.41, 5.74) is 1.07. The zero-order chi connectivity index (χ0) is 14.4. The maximum absolute atomic E-state index is 11.9. The molecular weight excluding hydrogens is 252 g/mol. The molecule has 0 aliphatic rings. The monoisotopic (exact) mass is 266 g/mol. The van der Waals surface area contributed by atoms with E-state index in [0.717, 1.165) is 5.56 Å². The molecule has 0 amide bonds. The summed E-state index contributed by atoms with van der Waals surface area (Å²) in [6.07, 6.45) is 2.80. The van der Waals surface area contributed by atoms with Crippen molar-refractivity contribution in [1.82, 2.24) is 0 Å². The lowest BCUT2D eigenvalue weighted by Gasteiger charge is -2.01. The first kappa shape index (κ1) is 13.7. The summed E-state index contributed by atoms with van der Waals surface area (Å²) >= 11 is 0. The standard InChI is InChI=1S/C17H14O3/c18-14(11-10-13-6-2-1-3-7-13)12-17(20)15-8-4-5-9-16(15)19/h1-11,19H,12H2. The van der Waals surface area contributed by atoms with Crippen LogP contribution < -0.4 is 0 Å². The Morgan fingerprint density at radius 1 is 0.950 bits per heavy atom. The van der Waals surface area contributed by atoms with Gasteiger partial charge in [0.05, 0.1) is 12.0 Å². The summed E-state index contributed by atoms with van der Waals surface area (Å²) < 4.78 is 0. The Kier molecular flexibility index (Phi) is 4.45. The van der Waals surface area contributed by atoms with Crippen LogP contribution in [0.3, 0.4) is 0 Å². The topological polar surface area (TPSA) is 54.4 Å². The van der Waals surface area contributed by atoms with Crippen LogP contribution in [-0.2, 0) is 4.79 Å². The molecule has 2 aromatic carbocycles. The van der Waals surface area contributed by atoms with E-state index in [0.29, 0.717) is 0 Å². The third-order valence-electron chi connectivity index (χ3n) is 2.80. The predicted molar refractivity (Wildman–Crippen MR) is 77.5 cm³/mol. The van der Waals surface area contributed by atoms with Crippen molar-refractivity contribution in [1.29, 1.82) is 0 Å². The number of ketones is 2. The number of para-hydroxylation sites is 1. The molecule has 3 heteroatoms. The first-order valence-corrected chi connectivity index (χ1v) is 6.24. The second-order valence-electron chi connectivity index (χ2n) is 4.33. The van der Waals surface area contributed by atoms with Crippen molar-refractivity contribution in [3.63, 3.8) is 0 Å². The fraction of sp³-hybridized carbons (Fsp3) is 0.0588. The lowest BCUT2D eigenvalue weighted by atomic mass is 10.0. The van der Waals surface area contributed by atoms with Gasteiger partial charge >= 0.3 is 0 Å². The molecule has 0 spiro atoms. The molecule has 0 atom stereocenters. The van der Waals surface area contributed by atoms with Gasteiger partial charge < -0.3 is 5.11 Å². The number of rotatable bonds is 5. The molecule has 0 fully saturated rings. The Bertz CT molecular complexity index is 642. The zero-order valence-electron chi connectivity index (χ0n) is 10.8. The maximum Gasteiger partial charge on any atom is 0.174 e. The van der Waals surface area contributed by atoms with Gasteiger partial charge in [0.15, 0.2) is 11.6 Å². The van der Waals surface area contributed by atoms with E-state index in [2.05, 4.69) is 0 Å². The van der Waals surface area contributed by atoms with Gasteiger partial charge in [0.2, 0.25) is 0 Å². The van der Waals surface area contributed by atoms with E-state index in [-0.39, 0.29) is 29.3 Å². The molecule has 20 heavy (non-hydrogen) atoms. The number of benzene rings is 2. The van der Waals surface area contributed by atoms with Crippen molar-refractivity contribution in [2.24, 2.45) is 0 Å². The van der Waals surface area contributed by atoms with Crippen LogP contribution in [0.25, 0.3) is 6.08 Å². The molecule has 2 aromatic rings. The van der Waals surface area contributed by atoms with Gasteiger partial charge in [-0.05, 0) is 23.8 Å². The van der Waals surface area contributed by atoms with E-state index >= 15 is 0 Å². The molecule has 0 heterocycles. The summed E-state index contributed by atoms with van der Waals surface area (Å²) in [5, 5.41) is 9.55. The minimum Gasteiger partial charge on any atom is -0.507 e. The minimum atomic E-state index is -0.384. The highest BCUT2D eigenvalue weighted by atomic mass is 16.3. The highest BCUT2D eigenvalue weighted by Crippen LogP contribution is 2.17. The second kappa shape index (κ2) is 6.48. The molecule has 0 radical (unpaired) electrons. The fourth-order valence-electron chi connectivity index (χ4n) is 1.78. The maximum atomic E-state index is 11.9. The second-order valence-corrected chi connectivity index (χ2v) is 4.33. The largest absolute Gasteiger partial charge is 0.507 e. The first-order valence-electron chi connectivity index (χ1n) is 6.24. The molecule has 2 rings (SSSR count). The van der Waals surface area contributed by atoms with Crippen molar-refractivity contribution in [3.05, 3.63) is 71.8 Å². The summed E-state index contributed by atoms with van der Waals surface area (Å²) in [7, 11) is 0. The van der Waals surface area contributed by atoms with Gasteiger partial charge in [0.1, 0.15) is 5.75 Å². The van der Waals surface area contributed by atoms with Crippen LogP contribution in [-0.4, -0.2) is 16.7 Å². The SMILES string of the molecule is O=C(C=Cc1ccccc1)CC(=O)c1ccccc1O. The van der Waals surface area contributed by atoms with E-state index in [1.165, 1.54) is 18.2 Å². The molecule has 0 saturated heterocycles. The number of carbonyl (C=O) groups excluding carboxylic acids is 2. The molecule has 1 N–H and O–H groups in total. The molecule has 0 unspecified atom stereocenters. The molecule has 0 aliphatic carbocycles. The van der Waals surface area contributed by atoms with Gasteiger partial charge in [-0.25, -0.2) is 0 Å². The van der Waals surface area contributed by atoms with E-state index in [1.54, 1.807) is 18.2 Å². The van der Waals surface area contributed by atoms with Gasteiger partial charge in [0.25, 0.3) is 0 Å². The van der Waals surface area contributed by atoms with Crippen LogP contribution in [0.5, 0.6) is 5.75 Å². The van der Waals surface area contributed by atoms with Crippen molar-refractivity contribution in [2.75, 3.05) is 0 Å². The van der Waals surface area contributed by atoms with E-state index in [9.17, 15) is 14.7 Å². The molecule has 100 valence electrons. The van der Waals surface area contributed by atoms with Crippen LogP contribution in [0, 0.1) is 0 Å². The van der Waals surface area contributed by atoms with Gasteiger partial charge in [-0.3, -0.25) is 9.59 Å². The highest BCUT2D eigenvalue weighted by molar-refractivity contribution is 6.13. The molecule has 0 aliphatic heterocycles. The number of phenols is 1. The number of Topliss-reactive ketones (excluding diaryl/α,β-unsaturated/α-hetero) is 1. The number of carbonyl (C=O) groups is 2. The number of hydrogen-bond acceptors (Lipinski definition) is 3. The predicted octanol–water partition coefficient (Wildman–Crippen LogP) is 3.25. The Hall–Kier alpha value is -2.68. The smallest absolute Gasteiger partial charge is 0.174 e. The quantitative estimate of drug-likeness (QED) is 0.513. The van der Waals surface area contributed by atoms with Crippen LogP contribution in [0.15, 0.2) is 60.7 Å². The molecule has 0 bridgehead atoms. The molecule has 0 saturated carbocycles. The summed E-state index contributed by atoms with van der Waals surface area (Å²) in [6.45, 7) is 0. The summed E-state index contributed by atoms with van der Waals surface area (Å²) in [5.74, 6) is -0.773. The minimum absolute atomic E-state index is 0.0997. The Labute approximate surface area is 117 Å². The van der Waals surface area contributed by atoms with Crippen LogP contribution in [0.1, 0.15) is 22.3 Å². The average molecular weight is 266 g/mol. The Morgan fingerprint density at radius 2 is 1.60 bits per heavy atom. The zero-order valence-corrected chi connectivity index (χ0v) is 10.8. The Balaban J connectivity index is 2.00. The summed E-state index contributed by atoms with van der Waals surface area (Å²) in [6, 6.07) is 15.6. The van der Waals surface area contributed by atoms with Gasteiger partial charge in [-0.2, -0.15) is 0 Å². The molecular formula is C17H14O3. The number of allylic oxidation sites excluding steroid dienone is 1. The van der Waals surface area contributed by atoms with Crippen molar-refractivity contribution in [2.45, 2.75) is 6.42 Å². The molecule has 3 nitrogen and oxygen atoms in total. The normalized spacial score (nSPS) is 10.6. The van der Waals surface area contributed by atoms with E-state index in [1.807, 2.05) is 30.3 Å². The van der Waals surface area contributed by atoms with Crippen molar-refractivity contribution in [3.8, 4) is 5.75 Å². The number of hydrogen-bond donors (Lipinski definition) is 1. The summed E-state index contributed by atoms with van der Waals surface area (Å²) in [4.78, 5) is 23.6. The van der Waals surface area contributed by atoms with Crippen molar-refractivity contribution >= 4 is 17.6 Å². The van der Waals surface area contributed by atoms with Crippen LogP contribution >= 0.6 is 0 Å². The van der Waals surface area contributed by atoms with Gasteiger partial charge in [-0.1, -0.05) is 48.5 Å². The van der Waals surface area contributed by atoms with Gasteiger partial charge in [-0.15, -0.1) is 0 Å². The Morgan fingerprint density at radius 3 is 2.30 bits per heavy atom. The fourth-order valence-corrected chi connectivity index (χ4v) is 1.78.